The zero-order valence-corrected chi connectivity index (χ0v) is 28.0. The number of carbonyl (C=O) groups excluding carboxylic acids is 2. The van der Waals surface area contributed by atoms with Crippen molar-refractivity contribution in [2.45, 2.75) is 58.9 Å². The Labute approximate surface area is 257 Å². The molecule has 3 rings (SSSR count). The number of carbonyl (C=O) groups is 2. The largest absolute Gasteiger partial charge is 0.385 e. The van der Waals surface area contributed by atoms with Crippen LogP contribution in [-0.2, 0) is 25.2 Å². The molecule has 0 unspecified atom stereocenters. The summed E-state index contributed by atoms with van der Waals surface area (Å²) in [6.07, 6.45) is 2.92. The molecule has 0 radical (unpaired) electrons. The number of rotatable bonds is 12. The summed E-state index contributed by atoms with van der Waals surface area (Å²) >= 11 is 0. The van der Waals surface area contributed by atoms with Crippen molar-refractivity contribution in [1.29, 1.82) is 0 Å². The Kier molecular flexibility index (Phi) is 12.3. The normalized spacial score (nSPS) is 20.5. The molecule has 2 N–H and O–H groups in total. The number of hydrogen-bond acceptors (Lipinski definition) is 9. The van der Waals surface area contributed by atoms with E-state index in [9.17, 15) is 18.0 Å². The van der Waals surface area contributed by atoms with Gasteiger partial charge in [0.15, 0.2) is 0 Å². The molecule has 0 bridgehead atoms. The summed E-state index contributed by atoms with van der Waals surface area (Å²) in [6.45, 7) is 14.3. The molecule has 2 atom stereocenters. The van der Waals surface area contributed by atoms with Crippen LogP contribution in [0.5, 0.6) is 0 Å². The monoisotopic (exact) mass is 624 g/mol. The van der Waals surface area contributed by atoms with E-state index in [1.807, 2.05) is 25.7 Å². The number of aromatic nitrogens is 2. The van der Waals surface area contributed by atoms with Crippen LogP contribution in [0.25, 0.3) is 0 Å². The maximum absolute atomic E-state index is 14.2. The zero-order chi connectivity index (χ0) is 31.9. The van der Waals surface area contributed by atoms with Gasteiger partial charge in [-0.2, -0.15) is 17.0 Å². The highest BCUT2D eigenvalue weighted by Crippen LogP contribution is 2.26. The number of nitrogens with zero attached hydrogens (tertiary/aromatic N) is 6. The molecule has 43 heavy (non-hydrogen) atoms. The smallest absolute Gasteiger partial charge is 0.281 e. The predicted molar refractivity (Wildman–Crippen MR) is 167 cm³/mol. The Morgan fingerprint density at radius 3 is 2.42 bits per heavy atom. The fourth-order valence-corrected chi connectivity index (χ4v) is 6.46. The van der Waals surface area contributed by atoms with E-state index in [0.717, 1.165) is 6.42 Å². The second-order valence-electron chi connectivity index (χ2n) is 13.1. The second-order valence-corrected chi connectivity index (χ2v) is 15.2. The lowest BCUT2D eigenvalue weighted by Crippen LogP contribution is -2.58. The van der Waals surface area contributed by atoms with Crippen molar-refractivity contribution in [3.8, 4) is 0 Å². The third kappa shape index (κ3) is 9.07. The maximum Gasteiger partial charge on any atom is 0.281 e. The zero-order valence-electron chi connectivity index (χ0n) is 27.2. The first-order valence-electron chi connectivity index (χ1n) is 15.2. The minimum atomic E-state index is -3.51. The SMILES string of the molecule is COCCCNc1nc(C(C)(C)C)ncc1C(=O)N(CC(C)C)[C@@H]1CNC[C@H](C(=O)N2CCN(S(=O)(=O)N(C)C)CC2)C1. The van der Waals surface area contributed by atoms with E-state index in [-0.39, 0.29) is 48.2 Å². The van der Waals surface area contributed by atoms with Crippen LogP contribution in [0, 0.1) is 11.8 Å². The molecule has 0 aliphatic carbocycles. The first-order valence-corrected chi connectivity index (χ1v) is 16.6. The summed E-state index contributed by atoms with van der Waals surface area (Å²) < 4.78 is 32.8. The highest BCUT2D eigenvalue weighted by atomic mass is 32.2. The van der Waals surface area contributed by atoms with Crippen LogP contribution in [0.15, 0.2) is 6.20 Å². The molecule has 2 aliphatic rings. The molecular formula is C29H52N8O5S. The second kappa shape index (κ2) is 15.1. The number of nitrogens with one attached hydrogen (secondary N) is 2. The van der Waals surface area contributed by atoms with Gasteiger partial charge >= 0.3 is 0 Å². The van der Waals surface area contributed by atoms with Crippen LogP contribution in [0.4, 0.5) is 5.82 Å². The molecular weight excluding hydrogens is 572 g/mol. The Morgan fingerprint density at radius 2 is 1.84 bits per heavy atom. The van der Waals surface area contributed by atoms with Crippen LogP contribution in [-0.4, -0.2) is 135 Å². The maximum atomic E-state index is 14.2. The average Bonchev–Trinajstić information content (AvgIpc) is 2.96. The van der Waals surface area contributed by atoms with Crippen LogP contribution in [0.2, 0.25) is 0 Å². The van der Waals surface area contributed by atoms with Gasteiger partial charge in [-0.3, -0.25) is 9.59 Å². The van der Waals surface area contributed by atoms with Crippen LogP contribution < -0.4 is 10.6 Å². The molecule has 2 fully saturated rings. The highest BCUT2D eigenvalue weighted by molar-refractivity contribution is 7.86. The molecule has 1 aromatic heterocycles. The lowest BCUT2D eigenvalue weighted by Gasteiger charge is -2.41. The number of piperazine rings is 1. The molecule has 0 saturated carbocycles. The van der Waals surface area contributed by atoms with E-state index < -0.39 is 10.2 Å². The molecule has 2 saturated heterocycles. The standard InChI is InChI=1S/C29H52N8O5S/c1-21(2)20-37(27(39)24-19-32-28(29(3,4)5)33-25(24)31-10-9-15-42-8)23-16-22(17-30-18-23)26(38)35-11-13-36(14-12-35)43(40,41)34(6)7/h19,21-23,30H,9-18,20H2,1-8H3,(H,31,32,33)/t22-,23+/m1/s1. The summed E-state index contributed by atoms with van der Waals surface area (Å²) in [5.74, 6) is 0.887. The molecule has 0 spiro atoms. The van der Waals surface area contributed by atoms with E-state index in [4.69, 9.17) is 9.72 Å². The number of piperidine rings is 1. The molecule has 1 aromatic rings. The predicted octanol–water partition coefficient (Wildman–Crippen LogP) is 1.25. The first-order chi connectivity index (χ1) is 20.2. The van der Waals surface area contributed by atoms with Gasteiger partial charge in [0.05, 0.1) is 5.92 Å². The topological polar surface area (TPSA) is 140 Å². The molecule has 13 nitrogen and oxygen atoms in total. The molecule has 244 valence electrons. The van der Waals surface area contributed by atoms with E-state index in [2.05, 4.69) is 29.5 Å². The quantitative estimate of drug-likeness (QED) is 0.329. The third-order valence-electron chi connectivity index (χ3n) is 7.79. The van der Waals surface area contributed by atoms with Crippen molar-refractivity contribution < 1.29 is 22.7 Å². The number of ether oxygens (including phenoxy) is 1. The summed E-state index contributed by atoms with van der Waals surface area (Å²) in [5, 5.41) is 6.73. The van der Waals surface area contributed by atoms with E-state index >= 15 is 0 Å². The van der Waals surface area contributed by atoms with Gasteiger partial charge < -0.3 is 25.2 Å². The number of anilines is 1. The Morgan fingerprint density at radius 1 is 1.16 bits per heavy atom. The van der Waals surface area contributed by atoms with Crippen molar-refractivity contribution in [1.82, 2.24) is 33.7 Å². The Bertz CT molecular complexity index is 1200. The minimum absolute atomic E-state index is 0.00518. The van der Waals surface area contributed by atoms with Crippen molar-refractivity contribution in [2.75, 3.05) is 85.5 Å². The molecule has 2 amide bonds. The van der Waals surface area contributed by atoms with Crippen molar-refractivity contribution in [3.63, 3.8) is 0 Å². The average molecular weight is 625 g/mol. The van der Waals surface area contributed by atoms with Gasteiger partial charge in [-0.1, -0.05) is 34.6 Å². The van der Waals surface area contributed by atoms with Crippen LogP contribution in [0.1, 0.15) is 63.6 Å². The summed E-state index contributed by atoms with van der Waals surface area (Å²) in [6, 6.07) is -0.198. The first kappa shape index (κ1) is 35.1. The van der Waals surface area contributed by atoms with Crippen molar-refractivity contribution in [2.24, 2.45) is 11.8 Å². The van der Waals surface area contributed by atoms with E-state index in [1.54, 1.807) is 18.2 Å². The lowest BCUT2D eigenvalue weighted by atomic mass is 9.92. The summed E-state index contributed by atoms with van der Waals surface area (Å²) in [4.78, 5) is 40.8. The molecule has 0 aromatic carbocycles. The van der Waals surface area contributed by atoms with Crippen LogP contribution in [0.3, 0.4) is 0 Å². The van der Waals surface area contributed by atoms with Crippen LogP contribution >= 0.6 is 0 Å². The number of hydrogen-bond donors (Lipinski definition) is 2. The summed E-state index contributed by atoms with van der Waals surface area (Å²) in [5.41, 5.74) is 0.128. The van der Waals surface area contributed by atoms with Gasteiger partial charge in [0, 0.05) is 97.8 Å². The lowest BCUT2D eigenvalue weighted by molar-refractivity contribution is -0.137. The van der Waals surface area contributed by atoms with Gasteiger partial charge in [0.2, 0.25) is 5.91 Å². The van der Waals surface area contributed by atoms with Crippen molar-refractivity contribution in [3.05, 3.63) is 17.6 Å². The van der Waals surface area contributed by atoms with Gasteiger partial charge in [0.25, 0.3) is 16.1 Å². The van der Waals surface area contributed by atoms with Gasteiger partial charge in [-0.25, -0.2) is 9.97 Å². The molecule has 3 heterocycles. The number of amides is 2. The van der Waals surface area contributed by atoms with Gasteiger partial charge in [-0.05, 0) is 18.8 Å². The third-order valence-corrected chi connectivity index (χ3v) is 9.73. The van der Waals surface area contributed by atoms with Gasteiger partial charge in [0.1, 0.15) is 17.2 Å². The van der Waals surface area contributed by atoms with E-state index in [0.29, 0.717) is 69.5 Å². The Hall–Kier alpha value is -2.39. The van der Waals surface area contributed by atoms with Crippen molar-refractivity contribution >= 4 is 27.8 Å². The summed E-state index contributed by atoms with van der Waals surface area (Å²) in [7, 11) is 1.17. The fourth-order valence-electron chi connectivity index (χ4n) is 5.38. The fraction of sp³-hybridized carbons (Fsp3) is 0.793. The Balaban J connectivity index is 1.79. The van der Waals surface area contributed by atoms with Gasteiger partial charge in [-0.15, -0.1) is 0 Å². The molecule has 2 aliphatic heterocycles. The molecule has 14 heteroatoms. The minimum Gasteiger partial charge on any atom is -0.385 e. The van der Waals surface area contributed by atoms with E-state index in [1.165, 1.54) is 22.7 Å². The number of methoxy groups -OCH3 is 1. The highest BCUT2D eigenvalue weighted by Gasteiger charge is 2.38.